The molecule has 0 radical (unpaired) electrons. The van der Waals surface area contributed by atoms with Crippen molar-refractivity contribution >= 4 is 5.91 Å². The monoisotopic (exact) mass is 305 g/mol. The van der Waals surface area contributed by atoms with E-state index in [1.54, 1.807) is 0 Å². The third kappa shape index (κ3) is 3.02. The van der Waals surface area contributed by atoms with Crippen LogP contribution < -0.4 is 0 Å². The van der Waals surface area contributed by atoms with Gasteiger partial charge in [0.25, 0.3) is 5.91 Å². The number of carbonyl (C=O) groups is 1. The summed E-state index contributed by atoms with van der Waals surface area (Å²) >= 11 is 0. The van der Waals surface area contributed by atoms with Gasteiger partial charge in [-0.3, -0.25) is 4.79 Å². The number of rotatable bonds is 2. The molecule has 1 saturated heterocycles. The lowest BCUT2D eigenvalue weighted by Gasteiger charge is -2.28. The van der Waals surface area contributed by atoms with Gasteiger partial charge < -0.3 is 10.0 Å². The molecule has 116 valence electrons. The van der Waals surface area contributed by atoms with Crippen molar-refractivity contribution in [2.45, 2.75) is 31.7 Å². The van der Waals surface area contributed by atoms with E-state index in [4.69, 9.17) is 0 Å². The average Bonchev–Trinajstić information content (AvgIpc) is 2.73. The van der Waals surface area contributed by atoms with Crippen molar-refractivity contribution in [1.82, 2.24) is 4.90 Å². The summed E-state index contributed by atoms with van der Waals surface area (Å²) in [5.74, 6) is -8.22. The van der Waals surface area contributed by atoms with E-state index in [2.05, 4.69) is 0 Å². The molecule has 0 saturated carbocycles. The van der Waals surface area contributed by atoms with Crippen LogP contribution in [0.25, 0.3) is 0 Å². The Labute approximate surface area is 119 Å². The number of aliphatic hydroxyl groups excluding tert-OH is 1. The minimum atomic E-state index is -2.01. The molecule has 2 rings (SSSR count). The maximum absolute atomic E-state index is 13.7. The van der Waals surface area contributed by atoms with Gasteiger partial charge in [0.1, 0.15) is 0 Å². The Kier molecular flexibility index (Phi) is 4.82. The van der Waals surface area contributed by atoms with Gasteiger partial charge in [-0.2, -0.15) is 0 Å². The van der Waals surface area contributed by atoms with Crippen LogP contribution in [0.4, 0.5) is 17.6 Å². The molecule has 0 aromatic heterocycles. The molecule has 1 fully saturated rings. The molecule has 0 aliphatic carbocycles. The molecule has 1 heterocycles. The number of hydrogen-bond acceptors (Lipinski definition) is 2. The van der Waals surface area contributed by atoms with Crippen LogP contribution in [0.2, 0.25) is 0 Å². The van der Waals surface area contributed by atoms with Crippen molar-refractivity contribution in [2.24, 2.45) is 0 Å². The summed E-state index contributed by atoms with van der Waals surface area (Å²) < 4.78 is 53.1. The number of aliphatic hydroxyl groups is 1. The summed E-state index contributed by atoms with van der Waals surface area (Å²) in [5, 5.41) is 9.31. The van der Waals surface area contributed by atoms with Crippen LogP contribution in [0.3, 0.4) is 0 Å². The molecule has 1 aromatic carbocycles. The first-order valence-corrected chi connectivity index (χ1v) is 6.72. The Morgan fingerprint density at radius 2 is 1.86 bits per heavy atom. The predicted octanol–water partition coefficient (Wildman–Crippen LogP) is 2.62. The third-order valence-electron chi connectivity index (χ3n) is 3.68. The Hall–Kier alpha value is -1.63. The zero-order valence-corrected chi connectivity index (χ0v) is 11.2. The number of hydrogen-bond donors (Lipinski definition) is 1. The topological polar surface area (TPSA) is 40.5 Å². The molecule has 1 atom stereocenters. The highest BCUT2D eigenvalue weighted by molar-refractivity contribution is 5.94. The Morgan fingerprint density at radius 1 is 1.14 bits per heavy atom. The van der Waals surface area contributed by atoms with E-state index in [-0.39, 0.29) is 13.2 Å². The molecule has 3 nitrogen and oxygen atoms in total. The highest BCUT2D eigenvalue weighted by atomic mass is 19.2. The molecule has 21 heavy (non-hydrogen) atoms. The molecular formula is C14H15F4NO2. The lowest BCUT2D eigenvalue weighted by molar-refractivity contribution is 0.0593. The van der Waals surface area contributed by atoms with Gasteiger partial charge in [-0.25, -0.2) is 17.6 Å². The van der Waals surface area contributed by atoms with Crippen LogP contribution in [-0.2, 0) is 0 Å². The summed E-state index contributed by atoms with van der Waals surface area (Å²) in [6.45, 7) is -0.0658. The first-order chi connectivity index (χ1) is 9.97. The number of benzene rings is 1. The number of amides is 1. The molecule has 0 spiro atoms. The van der Waals surface area contributed by atoms with Crippen LogP contribution >= 0.6 is 0 Å². The maximum atomic E-state index is 13.7. The summed E-state index contributed by atoms with van der Waals surface area (Å²) in [4.78, 5) is 13.5. The van der Waals surface area contributed by atoms with Crippen LogP contribution in [0, 0.1) is 23.3 Å². The molecule has 7 heteroatoms. The Balaban J connectivity index is 2.38. The van der Waals surface area contributed by atoms with Crippen molar-refractivity contribution < 1.29 is 27.5 Å². The number of likely N-dealkylation sites (tertiary alicyclic amines) is 1. The van der Waals surface area contributed by atoms with Crippen LogP contribution in [0.1, 0.15) is 36.0 Å². The van der Waals surface area contributed by atoms with E-state index in [0.717, 1.165) is 12.8 Å². The van der Waals surface area contributed by atoms with E-state index < -0.39 is 40.8 Å². The smallest absolute Gasteiger partial charge is 0.257 e. The van der Waals surface area contributed by atoms with Crippen LogP contribution in [0.5, 0.6) is 0 Å². The van der Waals surface area contributed by atoms with E-state index in [9.17, 15) is 27.5 Å². The largest absolute Gasteiger partial charge is 0.394 e. The van der Waals surface area contributed by atoms with Crippen molar-refractivity contribution in [3.8, 4) is 0 Å². The minimum Gasteiger partial charge on any atom is -0.394 e. The van der Waals surface area contributed by atoms with Gasteiger partial charge in [0, 0.05) is 6.54 Å². The molecule has 1 amide bonds. The van der Waals surface area contributed by atoms with Crippen LogP contribution in [-0.4, -0.2) is 35.1 Å². The lowest BCUT2D eigenvalue weighted by Crippen LogP contribution is -2.42. The van der Waals surface area contributed by atoms with Gasteiger partial charge in [-0.15, -0.1) is 0 Å². The van der Waals surface area contributed by atoms with E-state index >= 15 is 0 Å². The first kappa shape index (κ1) is 15.8. The van der Waals surface area contributed by atoms with Gasteiger partial charge in [0.15, 0.2) is 23.3 Å². The summed E-state index contributed by atoms with van der Waals surface area (Å²) in [6, 6.07) is -0.175. The lowest BCUT2D eigenvalue weighted by atomic mass is 10.1. The zero-order chi connectivity index (χ0) is 15.6. The fraction of sp³-hybridized carbons (Fsp3) is 0.500. The molecule has 1 N–H and O–H groups in total. The summed E-state index contributed by atoms with van der Waals surface area (Å²) in [7, 11) is 0. The van der Waals surface area contributed by atoms with Gasteiger partial charge in [-0.05, 0) is 18.9 Å². The average molecular weight is 305 g/mol. The molecule has 0 unspecified atom stereocenters. The number of carbonyl (C=O) groups excluding carboxylic acids is 1. The van der Waals surface area contributed by atoms with E-state index in [1.165, 1.54) is 4.90 Å². The standard InChI is InChI=1S/C14H15F4NO2/c15-10-6-9(11(16)13(18)12(10)17)14(21)19-5-3-1-2-4-8(19)7-20/h6,8,20H,1-5,7H2/t8-/m0/s1. The second-order valence-corrected chi connectivity index (χ2v) is 5.03. The van der Waals surface area contributed by atoms with Gasteiger partial charge in [0.2, 0.25) is 0 Å². The van der Waals surface area contributed by atoms with Gasteiger partial charge in [0.05, 0.1) is 18.2 Å². The minimum absolute atomic E-state index is 0.254. The molecule has 0 bridgehead atoms. The molecule has 1 aliphatic rings. The SMILES string of the molecule is O=C(c1cc(F)c(F)c(F)c1F)N1CCCCC[C@H]1CO. The van der Waals surface area contributed by atoms with Gasteiger partial charge in [-0.1, -0.05) is 12.8 Å². The molecule has 1 aromatic rings. The predicted molar refractivity (Wildman–Crippen MR) is 66.7 cm³/mol. The quantitative estimate of drug-likeness (QED) is 0.518. The van der Waals surface area contributed by atoms with E-state index in [1.807, 2.05) is 0 Å². The molecule has 1 aliphatic heterocycles. The summed E-state index contributed by atoms with van der Waals surface area (Å²) in [5.41, 5.74) is -0.855. The number of halogens is 4. The van der Waals surface area contributed by atoms with E-state index in [0.29, 0.717) is 18.9 Å². The Morgan fingerprint density at radius 3 is 2.52 bits per heavy atom. The first-order valence-electron chi connectivity index (χ1n) is 6.72. The van der Waals surface area contributed by atoms with Crippen molar-refractivity contribution in [3.63, 3.8) is 0 Å². The zero-order valence-electron chi connectivity index (χ0n) is 11.2. The highest BCUT2D eigenvalue weighted by Crippen LogP contribution is 2.23. The third-order valence-corrected chi connectivity index (χ3v) is 3.68. The second-order valence-electron chi connectivity index (χ2n) is 5.03. The Bertz CT molecular complexity index is 550. The highest BCUT2D eigenvalue weighted by Gasteiger charge is 2.30. The van der Waals surface area contributed by atoms with Crippen molar-refractivity contribution in [2.75, 3.05) is 13.2 Å². The van der Waals surface area contributed by atoms with Crippen LogP contribution in [0.15, 0.2) is 6.07 Å². The fourth-order valence-corrected chi connectivity index (χ4v) is 2.52. The van der Waals surface area contributed by atoms with Crippen molar-refractivity contribution in [3.05, 3.63) is 34.9 Å². The normalized spacial score (nSPS) is 19.5. The second kappa shape index (κ2) is 6.43. The van der Waals surface area contributed by atoms with Gasteiger partial charge >= 0.3 is 0 Å². The number of nitrogens with zero attached hydrogens (tertiary/aromatic N) is 1. The summed E-state index contributed by atoms with van der Waals surface area (Å²) in [6.07, 6.45) is 2.81. The van der Waals surface area contributed by atoms with Crippen molar-refractivity contribution in [1.29, 1.82) is 0 Å². The fourth-order valence-electron chi connectivity index (χ4n) is 2.52. The maximum Gasteiger partial charge on any atom is 0.257 e. The molecular weight excluding hydrogens is 290 g/mol.